The number of carbonyl (C=O) groups excluding carboxylic acids is 1. The van der Waals surface area contributed by atoms with Crippen LogP contribution in [0, 0.1) is 5.92 Å². The number of benzene rings is 1. The van der Waals surface area contributed by atoms with Crippen LogP contribution in [0.2, 0.25) is 0 Å². The van der Waals surface area contributed by atoms with E-state index in [9.17, 15) is 9.59 Å². The van der Waals surface area contributed by atoms with Crippen molar-refractivity contribution in [1.29, 1.82) is 0 Å². The van der Waals surface area contributed by atoms with E-state index >= 15 is 0 Å². The third-order valence-electron chi connectivity index (χ3n) is 2.33. The van der Waals surface area contributed by atoms with Gasteiger partial charge in [0.15, 0.2) is 5.78 Å². The molecule has 0 saturated carbocycles. The molecule has 0 fully saturated rings. The molecule has 0 aromatic heterocycles. The molecule has 1 atom stereocenters. The van der Waals surface area contributed by atoms with Crippen LogP contribution in [0.5, 0.6) is 5.75 Å². The Balaban J connectivity index is 2.69. The Morgan fingerprint density at radius 1 is 1.31 bits per heavy atom. The van der Waals surface area contributed by atoms with E-state index in [4.69, 9.17) is 9.84 Å². The van der Waals surface area contributed by atoms with Crippen molar-refractivity contribution in [2.24, 2.45) is 5.92 Å². The van der Waals surface area contributed by atoms with Crippen molar-refractivity contribution in [3.63, 3.8) is 0 Å². The fourth-order valence-electron chi connectivity index (χ4n) is 1.26. The summed E-state index contributed by atoms with van der Waals surface area (Å²) in [5.41, 5.74) is 0.508. The Labute approximate surface area is 93.9 Å². The first-order valence-electron chi connectivity index (χ1n) is 4.94. The lowest BCUT2D eigenvalue weighted by Gasteiger charge is -2.05. The predicted octanol–water partition coefficient (Wildman–Crippen LogP) is 1.99. The zero-order chi connectivity index (χ0) is 12.1. The Morgan fingerprint density at radius 2 is 1.88 bits per heavy atom. The number of ether oxygens (including phenoxy) is 1. The summed E-state index contributed by atoms with van der Waals surface area (Å²) < 4.78 is 4.96. The molecule has 0 aliphatic carbocycles. The van der Waals surface area contributed by atoms with Crippen molar-refractivity contribution in [2.45, 2.75) is 13.3 Å². The van der Waals surface area contributed by atoms with Gasteiger partial charge >= 0.3 is 5.97 Å². The van der Waals surface area contributed by atoms with Gasteiger partial charge in [0.1, 0.15) is 5.75 Å². The van der Waals surface area contributed by atoms with Gasteiger partial charge in [-0.3, -0.25) is 9.59 Å². The monoisotopic (exact) mass is 222 g/mol. The standard InChI is InChI=1S/C12H14O4/c1-8(12(14)15)7-11(13)9-3-5-10(16-2)6-4-9/h3-6,8H,7H2,1-2H3,(H,14,15). The first kappa shape index (κ1) is 12.2. The van der Waals surface area contributed by atoms with Crippen LogP contribution in [0.3, 0.4) is 0 Å². The maximum atomic E-state index is 11.7. The normalized spacial score (nSPS) is 11.9. The number of ketones is 1. The van der Waals surface area contributed by atoms with Crippen molar-refractivity contribution in [3.8, 4) is 5.75 Å². The molecular weight excluding hydrogens is 208 g/mol. The van der Waals surface area contributed by atoms with Crippen molar-refractivity contribution >= 4 is 11.8 Å². The van der Waals surface area contributed by atoms with Crippen LogP contribution in [0.25, 0.3) is 0 Å². The molecule has 0 heterocycles. The summed E-state index contributed by atoms with van der Waals surface area (Å²) in [6.07, 6.45) is 0.0155. The second-order valence-corrected chi connectivity index (χ2v) is 3.60. The van der Waals surface area contributed by atoms with Gasteiger partial charge in [-0.1, -0.05) is 6.92 Å². The van der Waals surface area contributed by atoms with E-state index in [2.05, 4.69) is 0 Å². The fraction of sp³-hybridized carbons (Fsp3) is 0.333. The lowest BCUT2D eigenvalue weighted by atomic mass is 10.00. The van der Waals surface area contributed by atoms with E-state index in [0.717, 1.165) is 0 Å². The summed E-state index contributed by atoms with van der Waals surface area (Å²) in [7, 11) is 1.54. The highest BCUT2D eigenvalue weighted by Crippen LogP contribution is 2.14. The third-order valence-corrected chi connectivity index (χ3v) is 2.33. The van der Waals surface area contributed by atoms with Crippen LogP contribution in [0.15, 0.2) is 24.3 Å². The minimum absolute atomic E-state index is 0.0155. The quantitative estimate of drug-likeness (QED) is 0.774. The summed E-state index contributed by atoms with van der Waals surface area (Å²) >= 11 is 0. The molecule has 0 spiro atoms. The molecule has 4 nitrogen and oxygen atoms in total. The van der Waals surface area contributed by atoms with Crippen LogP contribution >= 0.6 is 0 Å². The molecule has 0 aliphatic rings. The zero-order valence-corrected chi connectivity index (χ0v) is 9.27. The van der Waals surface area contributed by atoms with Crippen LogP contribution in [0.4, 0.5) is 0 Å². The number of hydrogen-bond donors (Lipinski definition) is 1. The number of aliphatic carboxylic acids is 1. The number of carboxylic acid groups (broad SMARTS) is 1. The van der Waals surface area contributed by atoms with Crippen molar-refractivity contribution in [3.05, 3.63) is 29.8 Å². The summed E-state index contributed by atoms with van der Waals surface area (Å²) in [6.45, 7) is 1.52. The van der Waals surface area contributed by atoms with E-state index in [1.165, 1.54) is 6.92 Å². The Bertz CT molecular complexity index is 381. The number of carboxylic acids is 1. The van der Waals surface area contributed by atoms with Crippen molar-refractivity contribution in [1.82, 2.24) is 0 Å². The van der Waals surface area contributed by atoms with Crippen molar-refractivity contribution < 1.29 is 19.4 Å². The molecule has 4 heteroatoms. The van der Waals surface area contributed by atoms with Crippen molar-refractivity contribution in [2.75, 3.05) is 7.11 Å². The van der Waals surface area contributed by atoms with Gasteiger partial charge in [0, 0.05) is 12.0 Å². The van der Waals surface area contributed by atoms with Crippen LogP contribution in [-0.4, -0.2) is 24.0 Å². The first-order chi connectivity index (χ1) is 7.54. The highest BCUT2D eigenvalue weighted by molar-refractivity contribution is 5.97. The van der Waals surface area contributed by atoms with E-state index < -0.39 is 11.9 Å². The molecule has 1 aromatic rings. The third kappa shape index (κ3) is 3.08. The molecule has 0 aliphatic heterocycles. The summed E-state index contributed by atoms with van der Waals surface area (Å²) in [5, 5.41) is 8.69. The Hall–Kier alpha value is -1.84. The van der Waals surface area contributed by atoms with E-state index in [-0.39, 0.29) is 12.2 Å². The second kappa shape index (κ2) is 5.30. The minimum atomic E-state index is -0.957. The topological polar surface area (TPSA) is 63.6 Å². The predicted molar refractivity (Wildman–Crippen MR) is 58.7 cm³/mol. The summed E-state index contributed by atoms with van der Waals surface area (Å²) in [4.78, 5) is 22.2. The highest BCUT2D eigenvalue weighted by Gasteiger charge is 2.16. The lowest BCUT2D eigenvalue weighted by Crippen LogP contribution is -2.14. The number of hydrogen-bond acceptors (Lipinski definition) is 3. The lowest BCUT2D eigenvalue weighted by molar-refractivity contribution is -0.141. The maximum absolute atomic E-state index is 11.7. The number of methoxy groups -OCH3 is 1. The minimum Gasteiger partial charge on any atom is -0.497 e. The molecule has 1 aromatic carbocycles. The molecule has 0 bridgehead atoms. The summed E-state index contributed by atoms with van der Waals surface area (Å²) in [5.74, 6) is -1.11. The molecule has 1 rings (SSSR count). The largest absolute Gasteiger partial charge is 0.497 e. The SMILES string of the molecule is COc1ccc(C(=O)CC(C)C(=O)O)cc1. The van der Waals surface area contributed by atoms with Gasteiger partial charge in [0.25, 0.3) is 0 Å². The maximum Gasteiger partial charge on any atom is 0.306 e. The average molecular weight is 222 g/mol. The van der Waals surface area contributed by atoms with Gasteiger partial charge < -0.3 is 9.84 Å². The molecule has 1 N–H and O–H groups in total. The van der Waals surface area contributed by atoms with E-state index in [0.29, 0.717) is 11.3 Å². The van der Waals surface area contributed by atoms with Gasteiger partial charge in [0.05, 0.1) is 13.0 Å². The number of Topliss-reactive ketones (excluding diaryl/α,β-unsaturated/α-hetero) is 1. The first-order valence-corrected chi connectivity index (χ1v) is 4.94. The van der Waals surface area contributed by atoms with Gasteiger partial charge in [-0.25, -0.2) is 0 Å². The fourth-order valence-corrected chi connectivity index (χ4v) is 1.26. The number of carbonyl (C=O) groups is 2. The van der Waals surface area contributed by atoms with Crippen LogP contribution in [0.1, 0.15) is 23.7 Å². The number of rotatable bonds is 5. The average Bonchev–Trinajstić information content (AvgIpc) is 2.28. The molecule has 1 unspecified atom stereocenters. The van der Waals surface area contributed by atoms with Gasteiger partial charge in [-0.05, 0) is 24.3 Å². The second-order valence-electron chi connectivity index (χ2n) is 3.60. The Kier molecular flexibility index (Phi) is 4.05. The molecule has 0 saturated heterocycles. The Morgan fingerprint density at radius 3 is 2.31 bits per heavy atom. The summed E-state index contributed by atoms with van der Waals surface area (Å²) in [6, 6.07) is 6.63. The van der Waals surface area contributed by atoms with Gasteiger partial charge in [0.2, 0.25) is 0 Å². The van der Waals surface area contributed by atoms with Crippen LogP contribution < -0.4 is 4.74 Å². The molecule has 16 heavy (non-hydrogen) atoms. The highest BCUT2D eigenvalue weighted by atomic mass is 16.5. The zero-order valence-electron chi connectivity index (χ0n) is 9.27. The molecular formula is C12H14O4. The van der Waals surface area contributed by atoms with Gasteiger partial charge in [-0.2, -0.15) is 0 Å². The smallest absolute Gasteiger partial charge is 0.306 e. The van der Waals surface area contributed by atoms with Gasteiger partial charge in [-0.15, -0.1) is 0 Å². The van der Waals surface area contributed by atoms with E-state index in [1.54, 1.807) is 31.4 Å². The molecule has 0 radical (unpaired) electrons. The van der Waals surface area contributed by atoms with Crippen LogP contribution in [-0.2, 0) is 4.79 Å². The molecule has 86 valence electrons. The van der Waals surface area contributed by atoms with E-state index in [1.807, 2.05) is 0 Å². The molecule has 0 amide bonds.